The molecule has 10 heavy (non-hydrogen) atoms. The van der Waals surface area contributed by atoms with Gasteiger partial charge in [-0.25, -0.2) is 5.01 Å². The van der Waals surface area contributed by atoms with Crippen molar-refractivity contribution in [1.29, 1.82) is 0 Å². The van der Waals surface area contributed by atoms with Crippen molar-refractivity contribution >= 4 is 11.8 Å². The van der Waals surface area contributed by atoms with Crippen LogP contribution in [0.5, 0.6) is 0 Å². The van der Waals surface area contributed by atoms with E-state index in [1.54, 1.807) is 5.01 Å². The van der Waals surface area contributed by atoms with Crippen molar-refractivity contribution in [3.05, 3.63) is 4.91 Å². The Morgan fingerprint density at radius 3 is 2.80 bits per heavy atom. The van der Waals surface area contributed by atoms with Crippen LogP contribution < -0.4 is 0 Å². The summed E-state index contributed by atoms with van der Waals surface area (Å²) in [5, 5.41) is 4.90. The highest BCUT2D eigenvalue weighted by Crippen LogP contribution is 2.29. The molecule has 0 N–H and O–H groups in total. The molecule has 0 spiro atoms. The summed E-state index contributed by atoms with van der Waals surface area (Å²) >= 11 is 1.82. The molecular weight excluding hydrogens is 148 g/mol. The minimum atomic E-state index is 0.317. The normalized spacial score (nSPS) is 25.9. The van der Waals surface area contributed by atoms with Gasteiger partial charge in [0.25, 0.3) is 0 Å². The molecule has 1 fully saturated rings. The average Bonchev–Trinajstić information content (AvgIpc) is 2.33. The number of rotatable bonds is 2. The van der Waals surface area contributed by atoms with Gasteiger partial charge >= 0.3 is 0 Å². The van der Waals surface area contributed by atoms with Crippen molar-refractivity contribution in [3.8, 4) is 0 Å². The number of nitroso groups, excluding NO2 is 1. The lowest BCUT2D eigenvalue weighted by Crippen LogP contribution is -2.26. The van der Waals surface area contributed by atoms with E-state index in [0.29, 0.717) is 11.3 Å². The Morgan fingerprint density at radius 1 is 1.70 bits per heavy atom. The van der Waals surface area contributed by atoms with Crippen LogP contribution in [0, 0.1) is 10.8 Å². The fourth-order valence-corrected chi connectivity index (χ4v) is 2.34. The van der Waals surface area contributed by atoms with Gasteiger partial charge in [-0.15, -0.1) is 16.7 Å². The molecule has 0 radical (unpaired) electrons. The maximum Gasteiger partial charge on any atom is 0.0977 e. The lowest BCUT2D eigenvalue weighted by Gasteiger charge is -2.19. The van der Waals surface area contributed by atoms with E-state index >= 15 is 0 Å². The fourth-order valence-electron chi connectivity index (χ4n) is 1.10. The molecule has 0 bridgehead atoms. The number of thioether (sulfide) groups is 1. The first-order valence-electron chi connectivity index (χ1n) is 3.47. The maximum atomic E-state index is 10.2. The lowest BCUT2D eigenvalue weighted by molar-refractivity contribution is 0.255. The second kappa shape index (κ2) is 3.23. The molecular formula is C6H12N2OS. The summed E-state index contributed by atoms with van der Waals surface area (Å²) in [5.41, 5.74) is 0. The molecule has 4 heteroatoms. The highest BCUT2D eigenvalue weighted by molar-refractivity contribution is 8.00. The molecule has 0 aliphatic carbocycles. The van der Waals surface area contributed by atoms with E-state index < -0.39 is 0 Å². The number of hydrogen-bond donors (Lipinski definition) is 0. The molecule has 1 saturated heterocycles. The molecule has 1 aliphatic rings. The van der Waals surface area contributed by atoms with Gasteiger partial charge in [-0.1, -0.05) is 13.8 Å². The van der Waals surface area contributed by atoms with Gasteiger partial charge in [0.2, 0.25) is 0 Å². The topological polar surface area (TPSA) is 32.7 Å². The Hall–Kier alpha value is -0.250. The summed E-state index contributed by atoms with van der Waals surface area (Å²) in [6.07, 6.45) is 0. The van der Waals surface area contributed by atoms with Crippen molar-refractivity contribution in [1.82, 2.24) is 5.01 Å². The van der Waals surface area contributed by atoms with E-state index in [1.807, 2.05) is 11.8 Å². The average molecular weight is 160 g/mol. The lowest BCUT2D eigenvalue weighted by atomic mass is 10.2. The summed E-state index contributed by atoms with van der Waals surface area (Å²) in [5.74, 6) is 1.55. The van der Waals surface area contributed by atoms with Gasteiger partial charge in [0, 0.05) is 12.3 Å². The number of hydrogen-bond acceptors (Lipinski definition) is 3. The van der Waals surface area contributed by atoms with Crippen molar-refractivity contribution < 1.29 is 0 Å². The van der Waals surface area contributed by atoms with E-state index in [1.165, 1.54) is 0 Å². The first-order valence-corrected chi connectivity index (χ1v) is 4.52. The van der Waals surface area contributed by atoms with Gasteiger partial charge in [-0.05, 0) is 5.92 Å². The molecule has 0 saturated carbocycles. The Bertz CT molecular complexity index is 129. The summed E-state index contributed by atoms with van der Waals surface area (Å²) < 4.78 is 0. The van der Waals surface area contributed by atoms with Gasteiger partial charge in [0.1, 0.15) is 0 Å². The van der Waals surface area contributed by atoms with Crippen molar-refractivity contribution in [2.45, 2.75) is 19.2 Å². The van der Waals surface area contributed by atoms with Crippen LogP contribution >= 0.6 is 11.8 Å². The Morgan fingerprint density at radius 2 is 2.40 bits per heavy atom. The summed E-state index contributed by atoms with van der Waals surface area (Å²) in [6, 6.07) is 0. The Kier molecular flexibility index (Phi) is 2.54. The highest BCUT2D eigenvalue weighted by Gasteiger charge is 2.27. The SMILES string of the molecule is CC(C)C1SCCN1N=O. The molecule has 0 aromatic rings. The molecule has 1 heterocycles. The van der Waals surface area contributed by atoms with Crippen LogP contribution in [0.2, 0.25) is 0 Å². The molecule has 1 aliphatic heterocycles. The Labute approximate surface area is 65.1 Å². The minimum Gasteiger partial charge on any atom is -0.247 e. The fraction of sp³-hybridized carbons (Fsp3) is 1.00. The van der Waals surface area contributed by atoms with Crippen LogP contribution in [0.15, 0.2) is 5.29 Å². The third kappa shape index (κ3) is 1.42. The van der Waals surface area contributed by atoms with Gasteiger partial charge in [-0.2, -0.15) is 0 Å². The smallest absolute Gasteiger partial charge is 0.0977 e. The van der Waals surface area contributed by atoms with Crippen LogP contribution in [0.25, 0.3) is 0 Å². The van der Waals surface area contributed by atoms with E-state index in [4.69, 9.17) is 0 Å². The van der Waals surface area contributed by atoms with Crippen LogP contribution in [-0.2, 0) is 0 Å². The van der Waals surface area contributed by atoms with Crippen LogP contribution in [0.1, 0.15) is 13.8 Å². The molecule has 58 valence electrons. The summed E-state index contributed by atoms with van der Waals surface area (Å²) in [7, 11) is 0. The van der Waals surface area contributed by atoms with Gasteiger partial charge < -0.3 is 0 Å². The zero-order valence-electron chi connectivity index (χ0n) is 6.28. The highest BCUT2D eigenvalue weighted by atomic mass is 32.2. The molecule has 1 atom stereocenters. The standard InChI is InChI=1S/C6H12N2OS/c1-5(2)6-8(7-9)3-4-10-6/h5-6H,3-4H2,1-2H3. The third-order valence-electron chi connectivity index (χ3n) is 1.58. The molecule has 0 aromatic heterocycles. The predicted molar refractivity (Wildman–Crippen MR) is 43.6 cm³/mol. The third-order valence-corrected chi connectivity index (χ3v) is 3.13. The zero-order valence-corrected chi connectivity index (χ0v) is 7.10. The van der Waals surface area contributed by atoms with E-state index in [0.717, 1.165) is 12.3 Å². The van der Waals surface area contributed by atoms with Crippen molar-refractivity contribution in [2.24, 2.45) is 11.2 Å². The number of nitrogens with zero attached hydrogens (tertiary/aromatic N) is 2. The van der Waals surface area contributed by atoms with E-state index in [9.17, 15) is 4.91 Å². The monoisotopic (exact) mass is 160 g/mol. The second-order valence-electron chi connectivity index (χ2n) is 2.75. The van der Waals surface area contributed by atoms with Gasteiger partial charge in [0.05, 0.1) is 10.7 Å². The molecule has 3 nitrogen and oxygen atoms in total. The second-order valence-corrected chi connectivity index (χ2v) is 3.97. The quantitative estimate of drug-likeness (QED) is 0.576. The maximum absolute atomic E-state index is 10.2. The predicted octanol–water partition coefficient (Wildman–Crippen LogP) is 1.70. The molecule has 1 rings (SSSR count). The van der Waals surface area contributed by atoms with Crippen LogP contribution in [0.4, 0.5) is 0 Å². The van der Waals surface area contributed by atoms with Crippen LogP contribution in [-0.4, -0.2) is 22.7 Å². The first-order chi connectivity index (χ1) is 4.75. The van der Waals surface area contributed by atoms with Gasteiger partial charge in [-0.3, -0.25) is 0 Å². The van der Waals surface area contributed by atoms with Crippen molar-refractivity contribution in [2.75, 3.05) is 12.3 Å². The van der Waals surface area contributed by atoms with E-state index in [2.05, 4.69) is 19.1 Å². The zero-order chi connectivity index (χ0) is 7.56. The Balaban J connectivity index is 2.49. The van der Waals surface area contributed by atoms with Crippen LogP contribution in [0.3, 0.4) is 0 Å². The first kappa shape index (κ1) is 7.85. The van der Waals surface area contributed by atoms with Gasteiger partial charge in [0.15, 0.2) is 0 Å². The minimum absolute atomic E-state index is 0.317. The van der Waals surface area contributed by atoms with E-state index in [-0.39, 0.29) is 0 Å². The summed E-state index contributed by atoms with van der Waals surface area (Å²) in [6.45, 7) is 5.04. The largest absolute Gasteiger partial charge is 0.247 e. The molecule has 0 amide bonds. The van der Waals surface area contributed by atoms with Crippen molar-refractivity contribution in [3.63, 3.8) is 0 Å². The molecule has 0 aromatic carbocycles. The molecule has 1 unspecified atom stereocenters. The summed E-state index contributed by atoms with van der Waals surface area (Å²) in [4.78, 5) is 10.2.